The molecule has 2 unspecified atom stereocenters. The molecular formula is C20H19BrN4O3. The van der Waals surface area contributed by atoms with Gasteiger partial charge in [0.2, 0.25) is 5.91 Å². The third kappa shape index (κ3) is 3.01. The highest BCUT2D eigenvalue weighted by atomic mass is 79.9. The van der Waals surface area contributed by atoms with Crippen LogP contribution in [-0.2, 0) is 11.3 Å². The number of halogens is 1. The molecule has 2 fully saturated rings. The van der Waals surface area contributed by atoms with Crippen molar-refractivity contribution >= 4 is 38.8 Å². The van der Waals surface area contributed by atoms with E-state index >= 15 is 0 Å². The lowest BCUT2D eigenvalue weighted by Gasteiger charge is -2.22. The number of amides is 1. The fourth-order valence-corrected chi connectivity index (χ4v) is 4.57. The molecule has 4 heterocycles. The molecule has 2 aliphatic heterocycles. The van der Waals surface area contributed by atoms with Gasteiger partial charge in [0.05, 0.1) is 5.52 Å². The van der Waals surface area contributed by atoms with Crippen LogP contribution >= 0.6 is 15.9 Å². The van der Waals surface area contributed by atoms with Crippen LogP contribution in [0.4, 0.5) is 5.82 Å². The van der Waals surface area contributed by atoms with E-state index in [9.17, 15) is 9.59 Å². The molecule has 2 saturated heterocycles. The van der Waals surface area contributed by atoms with Gasteiger partial charge in [-0.1, -0.05) is 12.1 Å². The SMILES string of the molecule is O=C(Cn1c(=O)oc2ccccc21)N1CC2CN(c3ccc(Br)cn3)CC2C1. The highest BCUT2D eigenvalue weighted by Crippen LogP contribution is 2.33. The third-order valence-corrected chi connectivity index (χ3v) is 6.21. The molecule has 0 aliphatic carbocycles. The van der Waals surface area contributed by atoms with Crippen molar-refractivity contribution in [3.05, 3.63) is 57.6 Å². The van der Waals surface area contributed by atoms with Gasteiger partial charge in [-0.25, -0.2) is 9.78 Å². The number of benzene rings is 1. The Morgan fingerprint density at radius 3 is 2.57 bits per heavy atom. The molecule has 1 aromatic carbocycles. The second kappa shape index (κ2) is 6.77. The first-order valence-corrected chi connectivity index (χ1v) is 10.1. The molecule has 3 aromatic rings. The van der Waals surface area contributed by atoms with E-state index in [2.05, 4.69) is 25.8 Å². The van der Waals surface area contributed by atoms with Crippen LogP contribution in [0.3, 0.4) is 0 Å². The van der Waals surface area contributed by atoms with E-state index in [4.69, 9.17) is 4.42 Å². The number of anilines is 1. The Hall–Kier alpha value is -2.61. The summed E-state index contributed by atoms with van der Waals surface area (Å²) in [6.07, 6.45) is 1.81. The number of hydrogen-bond acceptors (Lipinski definition) is 5. The third-order valence-electron chi connectivity index (χ3n) is 5.74. The molecule has 2 aromatic heterocycles. The average molecular weight is 443 g/mol. The first-order valence-electron chi connectivity index (χ1n) is 9.31. The summed E-state index contributed by atoms with van der Waals surface area (Å²) in [7, 11) is 0. The zero-order chi connectivity index (χ0) is 19.3. The van der Waals surface area contributed by atoms with Crippen LogP contribution in [-0.4, -0.2) is 46.5 Å². The standard InChI is InChI=1S/C20H19BrN4O3/c21-15-5-6-18(22-7-15)23-8-13-10-24(11-14(13)9-23)19(26)12-25-16-3-1-2-4-17(16)28-20(25)27/h1-7,13-14H,8-12H2. The zero-order valence-electron chi connectivity index (χ0n) is 15.1. The second-order valence-electron chi connectivity index (χ2n) is 7.48. The summed E-state index contributed by atoms with van der Waals surface area (Å²) in [4.78, 5) is 33.6. The van der Waals surface area contributed by atoms with E-state index < -0.39 is 5.76 Å². The Morgan fingerprint density at radius 1 is 1.11 bits per heavy atom. The van der Waals surface area contributed by atoms with Crippen LogP contribution in [0.1, 0.15) is 0 Å². The summed E-state index contributed by atoms with van der Waals surface area (Å²) < 4.78 is 7.62. The molecule has 2 atom stereocenters. The molecule has 7 nitrogen and oxygen atoms in total. The van der Waals surface area contributed by atoms with Gasteiger partial charge in [-0.15, -0.1) is 0 Å². The van der Waals surface area contributed by atoms with Gasteiger partial charge in [-0.3, -0.25) is 9.36 Å². The van der Waals surface area contributed by atoms with E-state index in [1.54, 1.807) is 12.1 Å². The average Bonchev–Trinajstić information content (AvgIpc) is 3.34. The second-order valence-corrected chi connectivity index (χ2v) is 8.40. The van der Waals surface area contributed by atoms with Gasteiger partial charge < -0.3 is 14.2 Å². The number of pyridine rings is 1. The van der Waals surface area contributed by atoms with Crippen molar-refractivity contribution in [2.45, 2.75) is 6.54 Å². The Bertz CT molecular complexity index is 1080. The van der Waals surface area contributed by atoms with Crippen molar-refractivity contribution in [3.63, 3.8) is 0 Å². The maximum absolute atomic E-state index is 12.8. The monoisotopic (exact) mass is 442 g/mol. The minimum atomic E-state index is -0.485. The summed E-state index contributed by atoms with van der Waals surface area (Å²) in [6, 6.07) is 11.2. The lowest BCUT2D eigenvalue weighted by molar-refractivity contribution is -0.131. The lowest BCUT2D eigenvalue weighted by atomic mass is 10.0. The predicted octanol–water partition coefficient (Wildman–Crippen LogP) is 2.35. The van der Waals surface area contributed by atoms with E-state index in [1.165, 1.54) is 4.57 Å². The number of fused-ring (bicyclic) bond motifs is 2. The van der Waals surface area contributed by atoms with Crippen LogP contribution in [0.5, 0.6) is 0 Å². The van der Waals surface area contributed by atoms with Crippen LogP contribution in [0.15, 0.2) is 56.3 Å². The molecular weight excluding hydrogens is 424 g/mol. The number of oxazole rings is 1. The summed E-state index contributed by atoms with van der Waals surface area (Å²) in [5, 5.41) is 0. The predicted molar refractivity (Wildman–Crippen MR) is 108 cm³/mol. The maximum atomic E-state index is 12.8. The normalized spacial score (nSPS) is 21.5. The summed E-state index contributed by atoms with van der Waals surface area (Å²) in [5.41, 5.74) is 1.17. The van der Waals surface area contributed by atoms with Crippen LogP contribution < -0.4 is 10.7 Å². The number of rotatable bonds is 3. The quantitative estimate of drug-likeness (QED) is 0.622. The maximum Gasteiger partial charge on any atom is 0.420 e. The number of para-hydroxylation sites is 2. The highest BCUT2D eigenvalue weighted by Gasteiger charge is 2.42. The van der Waals surface area contributed by atoms with Crippen molar-refractivity contribution in [3.8, 4) is 0 Å². The Labute approximate surface area is 169 Å². The van der Waals surface area contributed by atoms with Crippen LogP contribution in [0.25, 0.3) is 11.1 Å². The first kappa shape index (κ1) is 17.5. The van der Waals surface area contributed by atoms with Crippen molar-refractivity contribution in [2.24, 2.45) is 11.8 Å². The van der Waals surface area contributed by atoms with E-state index in [0.717, 1.165) is 36.5 Å². The molecule has 2 aliphatic rings. The molecule has 28 heavy (non-hydrogen) atoms. The Morgan fingerprint density at radius 2 is 1.86 bits per heavy atom. The van der Waals surface area contributed by atoms with Crippen LogP contribution in [0.2, 0.25) is 0 Å². The largest absolute Gasteiger partial charge is 0.420 e. The number of carbonyl (C=O) groups excluding carboxylic acids is 1. The van der Waals surface area contributed by atoms with Gasteiger partial charge in [-0.05, 0) is 40.2 Å². The molecule has 144 valence electrons. The topological polar surface area (TPSA) is 71.6 Å². The van der Waals surface area contributed by atoms with Gasteiger partial charge >= 0.3 is 5.76 Å². The molecule has 5 rings (SSSR count). The molecule has 1 amide bonds. The highest BCUT2D eigenvalue weighted by molar-refractivity contribution is 9.10. The number of hydrogen-bond donors (Lipinski definition) is 0. The van der Waals surface area contributed by atoms with E-state index in [1.807, 2.05) is 35.4 Å². The van der Waals surface area contributed by atoms with Gasteiger partial charge in [0, 0.05) is 48.7 Å². The van der Waals surface area contributed by atoms with E-state index in [-0.39, 0.29) is 12.5 Å². The van der Waals surface area contributed by atoms with Gasteiger partial charge in [0.15, 0.2) is 5.58 Å². The minimum absolute atomic E-state index is 0.0211. The fraction of sp³-hybridized carbons (Fsp3) is 0.350. The number of likely N-dealkylation sites (tertiary alicyclic amines) is 1. The van der Waals surface area contributed by atoms with Gasteiger partial charge in [0.1, 0.15) is 12.4 Å². The molecule has 0 spiro atoms. The minimum Gasteiger partial charge on any atom is -0.408 e. The van der Waals surface area contributed by atoms with Gasteiger partial charge in [0.25, 0.3) is 0 Å². The van der Waals surface area contributed by atoms with Crippen LogP contribution in [0, 0.1) is 11.8 Å². The fourth-order valence-electron chi connectivity index (χ4n) is 4.34. The summed E-state index contributed by atoms with van der Waals surface area (Å²) in [5.74, 6) is 1.34. The number of carbonyl (C=O) groups is 1. The smallest absolute Gasteiger partial charge is 0.408 e. The van der Waals surface area contributed by atoms with Crippen molar-refractivity contribution in [1.29, 1.82) is 0 Å². The Kier molecular flexibility index (Phi) is 4.23. The van der Waals surface area contributed by atoms with Crippen molar-refractivity contribution < 1.29 is 9.21 Å². The number of aromatic nitrogens is 2. The first-order chi connectivity index (χ1) is 13.6. The summed E-state index contributed by atoms with van der Waals surface area (Å²) >= 11 is 3.41. The van der Waals surface area contributed by atoms with E-state index in [0.29, 0.717) is 22.9 Å². The van der Waals surface area contributed by atoms with Crippen molar-refractivity contribution in [2.75, 3.05) is 31.1 Å². The zero-order valence-corrected chi connectivity index (χ0v) is 16.7. The molecule has 8 heteroatoms. The van der Waals surface area contributed by atoms with Crippen molar-refractivity contribution in [1.82, 2.24) is 14.5 Å². The molecule has 0 radical (unpaired) electrons. The van der Waals surface area contributed by atoms with Gasteiger partial charge in [-0.2, -0.15) is 0 Å². The molecule has 0 saturated carbocycles. The Balaban J connectivity index is 1.26. The lowest BCUT2D eigenvalue weighted by Crippen LogP contribution is -2.36. The number of nitrogens with zero attached hydrogens (tertiary/aromatic N) is 4. The molecule has 0 N–H and O–H groups in total. The summed E-state index contributed by atoms with van der Waals surface area (Å²) in [6.45, 7) is 3.27. The molecule has 0 bridgehead atoms.